The first-order chi connectivity index (χ1) is 5.40. The molecule has 11 heavy (non-hydrogen) atoms. The third-order valence-electron chi connectivity index (χ3n) is 3.27. The Labute approximate surface area is 68.7 Å². The van der Waals surface area contributed by atoms with Crippen LogP contribution in [0.15, 0.2) is 0 Å². The summed E-state index contributed by atoms with van der Waals surface area (Å²) in [6.45, 7) is 3.55. The van der Waals surface area contributed by atoms with E-state index in [1.54, 1.807) is 0 Å². The van der Waals surface area contributed by atoms with E-state index in [2.05, 4.69) is 4.90 Å². The van der Waals surface area contributed by atoms with E-state index in [0.29, 0.717) is 0 Å². The van der Waals surface area contributed by atoms with E-state index in [0.717, 1.165) is 18.5 Å². The van der Waals surface area contributed by atoms with E-state index < -0.39 is 0 Å². The SMILES string of the molecule is NCCC1CC2CCN1CC2. The lowest BCUT2D eigenvalue weighted by molar-refractivity contribution is 0.0465. The van der Waals surface area contributed by atoms with Gasteiger partial charge in [0, 0.05) is 6.04 Å². The summed E-state index contributed by atoms with van der Waals surface area (Å²) in [5.41, 5.74) is 5.56. The van der Waals surface area contributed by atoms with Gasteiger partial charge in [0.2, 0.25) is 0 Å². The van der Waals surface area contributed by atoms with E-state index in [-0.39, 0.29) is 0 Å². The smallest absolute Gasteiger partial charge is 0.0110 e. The third kappa shape index (κ3) is 1.42. The Bertz CT molecular complexity index is 128. The fourth-order valence-corrected chi connectivity index (χ4v) is 2.58. The fourth-order valence-electron chi connectivity index (χ4n) is 2.58. The molecule has 0 radical (unpaired) electrons. The van der Waals surface area contributed by atoms with Gasteiger partial charge in [0.25, 0.3) is 0 Å². The normalized spacial score (nSPS) is 42.8. The summed E-state index contributed by atoms with van der Waals surface area (Å²) in [4.78, 5) is 2.63. The molecular weight excluding hydrogens is 136 g/mol. The number of piperidine rings is 3. The maximum Gasteiger partial charge on any atom is 0.0110 e. The molecule has 2 bridgehead atoms. The first-order valence-corrected chi connectivity index (χ1v) is 4.84. The zero-order valence-corrected chi connectivity index (χ0v) is 7.13. The molecule has 3 heterocycles. The second-order valence-corrected chi connectivity index (χ2v) is 3.95. The highest BCUT2D eigenvalue weighted by Gasteiger charge is 2.32. The summed E-state index contributed by atoms with van der Waals surface area (Å²) < 4.78 is 0. The highest BCUT2D eigenvalue weighted by Crippen LogP contribution is 2.32. The van der Waals surface area contributed by atoms with Gasteiger partial charge in [-0.25, -0.2) is 0 Å². The Kier molecular flexibility index (Phi) is 2.14. The van der Waals surface area contributed by atoms with E-state index in [9.17, 15) is 0 Å². The predicted molar refractivity (Wildman–Crippen MR) is 46.4 cm³/mol. The number of nitrogens with zero attached hydrogens (tertiary/aromatic N) is 1. The van der Waals surface area contributed by atoms with Crippen molar-refractivity contribution in [3.63, 3.8) is 0 Å². The first kappa shape index (κ1) is 7.56. The van der Waals surface area contributed by atoms with Crippen molar-refractivity contribution in [1.29, 1.82) is 0 Å². The summed E-state index contributed by atoms with van der Waals surface area (Å²) in [6, 6.07) is 0.840. The van der Waals surface area contributed by atoms with Crippen molar-refractivity contribution in [2.24, 2.45) is 11.7 Å². The molecule has 2 heteroatoms. The number of fused-ring (bicyclic) bond motifs is 3. The standard InChI is InChI=1S/C9H18N2/c10-4-1-9-7-8-2-5-11(9)6-3-8/h8-9H,1-7,10H2. The van der Waals surface area contributed by atoms with Crippen molar-refractivity contribution in [2.45, 2.75) is 31.7 Å². The summed E-state index contributed by atoms with van der Waals surface area (Å²) in [7, 11) is 0. The van der Waals surface area contributed by atoms with Gasteiger partial charge in [-0.3, -0.25) is 0 Å². The molecule has 0 aromatic rings. The number of hydrogen-bond donors (Lipinski definition) is 1. The molecule has 1 atom stereocenters. The monoisotopic (exact) mass is 154 g/mol. The lowest BCUT2D eigenvalue weighted by Gasteiger charge is -2.45. The van der Waals surface area contributed by atoms with Gasteiger partial charge in [-0.15, -0.1) is 0 Å². The van der Waals surface area contributed by atoms with Gasteiger partial charge in [-0.2, -0.15) is 0 Å². The summed E-state index contributed by atoms with van der Waals surface area (Å²) >= 11 is 0. The molecule has 2 N–H and O–H groups in total. The Morgan fingerprint density at radius 1 is 1.27 bits per heavy atom. The van der Waals surface area contributed by atoms with Gasteiger partial charge in [0.05, 0.1) is 0 Å². The van der Waals surface area contributed by atoms with Crippen LogP contribution in [0.5, 0.6) is 0 Å². The van der Waals surface area contributed by atoms with Crippen LogP contribution in [0, 0.1) is 5.92 Å². The van der Waals surface area contributed by atoms with Crippen LogP contribution in [-0.2, 0) is 0 Å². The van der Waals surface area contributed by atoms with Crippen LogP contribution in [0.4, 0.5) is 0 Å². The van der Waals surface area contributed by atoms with Crippen molar-refractivity contribution < 1.29 is 0 Å². The van der Waals surface area contributed by atoms with Crippen molar-refractivity contribution in [1.82, 2.24) is 4.90 Å². The molecule has 0 aliphatic carbocycles. The fraction of sp³-hybridized carbons (Fsp3) is 1.00. The van der Waals surface area contributed by atoms with Gasteiger partial charge >= 0.3 is 0 Å². The molecule has 3 fully saturated rings. The van der Waals surface area contributed by atoms with Gasteiger partial charge in [-0.05, 0) is 51.2 Å². The van der Waals surface area contributed by atoms with Crippen LogP contribution >= 0.6 is 0 Å². The highest BCUT2D eigenvalue weighted by atomic mass is 15.2. The molecule has 3 saturated heterocycles. The van der Waals surface area contributed by atoms with Crippen LogP contribution in [0.25, 0.3) is 0 Å². The minimum Gasteiger partial charge on any atom is -0.330 e. The van der Waals surface area contributed by atoms with Crippen LogP contribution in [0.2, 0.25) is 0 Å². The molecule has 2 nitrogen and oxygen atoms in total. The number of hydrogen-bond acceptors (Lipinski definition) is 2. The average molecular weight is 154 g/mol. The van der Waals surface area contributed by atoms with Crippen LogP contribution in [0.1, 0.15) is 25.7 Å². The van der Waals surface area contributed by atoms with E-state index >= 15 is 0 Å². The zero-order valence-electron chi connectivity index (χ0n) is 7.13. The minimum atomic E-state index is 0.840. The Hall–Kier alpha value is -0.0800. The molecule has 64 valence electrons. The quantitative estimate of drug-likeness (QED) is 0.638. The lowest BCUT2D eigenvalue weighted by Crippen LogP contribution is -2.49. The van der Waals surface area contributed by atoms with E-state index in [1.807, 2.05) is 0 Å². The second kappa shape index (κ2) is 3.11. The van der Waals surface area contributed by atoms with Crippen LogP contribution < -0.4 is 5.73 Å². The number of nitrogens with two attached hydrogens (primary N) is 1. The van der Waals surface area contributed by atoms with Crippen molar-refractivity contribution >= 4 is 0 Å². The molecule has 0 aromatic carbocycles. The Morgan fingerprint density at radius 2 is 2.00 bits per heavy atom. The van der Waals surface area contributed by atoms with Gasteiger partial charge in [0.1, 0.15) is 0 Å². The highest BCUT2D eigenvalue weighted by molar-refractivity contribution is 4.87. The molecule has 0 saturated carbocycles. The molecule has 3 rings (SSSR count). The summed E-state index contributed by atoms with van der Waals surface area (Å²) in [5.74, 6) is 1.04. The van der Waals surface area contributed by atoms with Crippen molar-refractivity contribution in [2.75, 3.05) is 19.6 Å². The van der Waals surface area contributed by atoms with E-state index in [4.69, 9.17) is 5.73 Å². The van der Waals surface area contributed by atoms with Gasteiger partial charge < -0.3 is 10.6 Å². The third-order valence-corrected chi connectivity index (χ3v) is 3.27. The van der Waals surface area contributed by atoms with Crippen LogP contribution in [0.3, 0.4) is 0 Å². The zero-order chi connectivity index (χ0) is 7.68. The topological polar surface area (TPSA) is 29.3 Å². The molecule has 3 aliphatic heterocycles. The Balaban J connectivity index is 1.92. The van der Waals surface area contributed by atoms with Crippen LogP contribution in [-0.4, -0.2) is 30.6 Å². The maximum atomic E-state index is 5.56. The van der Waals surface area contributed by atoms with E-state index in [1.165, 1.54) is 38.8 Å². The largest absolute Gasteiger partial charge is 0.330 e. The summed E-state index contributed by atoms with van der Waals surface area (Å²) in [6.07, 6.45) is 5.54. The van der Waals surface area contributed by atoms with Gasteiger partial charge in [-0.1, -0.05) is 0 Å². The molecule has 1 unspecified atom stereocenters. The average Bonchev–Trinajstić information content (AvgIpc) is 2.07. The summed E-state index contributed by atoms with van der Waals surface area (Å²) in [5, 5.41) is 0. The second-order valence-electron chi connectivity index (χ2n) is 3.95. The molecule has 0 spiro atoms. The van der Waals surface area contributed by atoms with Gasteiger partial charge in [0.15, 0.2) is 0 Å². The molecule has 3 aliphatic rings. The minimum absolute atomic E-state index is 0.840. The molecular formula is C9H18N2. The predicted octanol–water partition coefficient (Wildman–Crippen LogP) is 0.820. The lowest BCUT2D eigenvalue weighted by atomic mass is 9.82. The number of rotatable bonds is 2. The maximum absolute atomic E-state index is 5.56. The van der Waals surface area contributed by atoms with Crippen molar-refractivity contribution in [3.05, 3.63) is 0 Å². The Morgan fingerprint density at radius 3 is 2.45 bits per heavy atom. The molecule has 0 amide bonds. The first-order valence-electron chi connectivity index (χ1n) is 4.84. The van der Waals surface area contributed by atoms with Crippen molar-refractivity contribution in [3.8, 4) is 0 Å². The molecule has 0 aromatic heterocycles.